The normalized spacial score (nSPS) is 11.7. The predicted molar refractivity (Wildman–Crippen MR) is 69.9 cm³/mol. The molecule has 0 saturated carbocycles. The van der Waals surface area contributed by atoms with Crippen LogP contribution in [0.15, 0.2) is 24.3 Å². The summed E-state index contributed by atoms with van der Waals surface area (Å²) < 4.78 is 0. The standard InChI is InChI=1S/C13H18N2O3/c1-9(12(16)14-2)8-15(3)11-6-4-10(5-7-11)13(17)18/h4-7,9H,8H2,1-3H3,(H,14,16)(H,17,18). The van der Waals surface area contributed by atoms with Gasteiger partial charge in [0, 0.05) is 26.3 Å². The molecule has 5 heteroatoms. The second-order valence-corrected chi connectivity index (χ2v) is 4.25. The minimum atomic E-state index is -0.942. The number of anilines is 1. The van der Waals surface area contributed by atoms with Crippen LogP contribution in [0.1, 0.15) is 17.3 Å². The first-order valence-corrected chi connectivity index (χ1v) is 5.71. The zero-order valence-electron chi connectivity index (χ0n) is 10.8. The molecule has 1 aromatic rings. The minimum absolute atomic E-state index is 0.0102. The van der Waals surface area contributed by atoms with Crippen molar-refractivity contribution in [3.8, 4) is 0 Å². The highest BCUT2D eigenvalue weighted by Crippen LogP contribution is 2.15. The van der Waals surface area contributed by atoms with Crippen LogP contribution in [0.4, 0.5) is 5.69 Å². The summed E-state index contributed by atoms with van der Waals surface area (Å²) >= 11 is 0. The number of amides is 1. The molecule has 1 amide bonds. The van der Waals surface area contributed by atoms with Crippen LogP contribution in [0.25, 0.3) is 0 Å². The number of carbonyl (C=O) groups excluding carboxylic acids is 1. The summed E-state index contributed by atoms with van der Waals surface area (Å²) in [5.41, 5.74) is 1.14. The Labute approximate surface area is 106 Å². The van der Waals surface area contributed by atoms with Gasteiger partial charge in [-0.2, -0.15) is 0 Å². The maximum Gasteiger partial charge on any atom is 0.335 e. The number of carboxylic acids is 1. The molecule has 0 aliphatic carbocycles. The number of nitrogens with one attached hydrogen (secondary N) is 1. The van der Waals surface area contributed by atoms with Crippen molar-refractivity contribution in [3.05, 3.63) is 29.8 Å². The minimum Gasteiger partial charge on any atom is -0.478 e. The average molecular weight is 250 g/mol. The van der Waals surface area contributed by atoms with E-state index in [9.17, 15) is 9.59 Å². The molecule has 98 valence electrons. The fraction of sp³-hybridized carbons (Fsp3) is 0.385. The van der Waals surface area contributed by atoms with Gasteiger partial charge in [-0.3, -0.25) is 4.79 Å². The van der Waals surface area contributed by atoms with Crippen LogP contribution in [0, 0.1) is 5.92 Å². The van der Waals surface area contributed by atoms with Crippen molar-refractivity contribution in [2.75, 3.05) is 25.5 Å². The molecule has 0 fully saturated rings. The smallest absolute Gasteiger partial charge is 0.335 e. The summed E-state index contributed by atoms with van der Waals surface area (Å²) in [6, 6.07) is 6.58. The van der Waals surface area contributed by atoms with Crippen molar-refractivity contribution in [1.82, 2.24) is 5.32 Å². The first-order valence-electron chi connectivity index (χ1n) is 5.71. The van der Waals surface area contributed by atoms with Crippen LogP contribution in [-0.2, 0) is 4.79 Å². The number of carboxylic acid groups (broad SMARTS) is 1. The molecule has 1 aromatic carbocycles. The van der Waals surface area contributed by atoms with E-state index in [4.69, 9.17) is 5.11 Å². The van der Waals surface area contributed by atoms with Gasteiger partial charge in [0.25, 0.3) is 0 Å². The molecule has 0 aliphatic rings. The van der Waals surface area contributed by atoms with Gasteiger partial charge in [0.2, 0.25) is 5.91 Å². The Kier molecular flexibility index (Phi) is 4.71. The number of hydrogen-bond acceptors (Lipinski definition) is 3. The van der Waals surface area contributed by atoms with Crippen molar-refractivity contribution in [2.45, 2.75) is 6.92 Å². The number of hydrogen-bond donors (Lipinski definition) is 2. The summed E-state index contributed by atoms with van der Waals surface area (Å²) in [5.74, 6) is -1.08. The lowest BCUT2D eigenvalue weighted by Crippen LogP contribution is -2.34. The molecule has 2 N–H and O–H groups in total. The third-order valence-electron chi connectivity index (χ3n) is 2.80. The maximum absolute atomic E-state index is 11.4. The van der Waals surface area contributed by atoms with E-state index in [2.05, 4.69) is 5.32 Å². The highest BCUT2D eigenvalue weighted by atomic mass is 16.4. The average Bonchev–Trinajstić information content (AvgIpc) is 2.37. The van der Waals surface area contributed by atoms with Crippen LogP contribution in [-0.4, -0.2) is 37.6 Å². The molecule has 1 atom stereocenters. The predicted octanol–water partition coefficient (Wildman–Crippen LogP) is 1.20. The third-order valence-corrected chi connectivity index (χ3v) is 2.80. The number of carbonyl (C=O) groups is 2. The quantitative estimate of drug-likeness (QED) is 0.824. The van der Waals surface area contributed by atoms with E-state index in [1.807, 2.05) is 18.9 Å². The van der Waals surface area contributed by atoms with E-state index in [0.29, 0.717) is 6.54 Å². The Balaban J connectivity index is 2.69. The second-order valence-electron chi connectivity index (χ2n) is 4.25. The van der Waals surface area contributed by atoms with Crippen LogP contribution in [0.2, 0.25) is 0 Å². The van der Waals surface area contributed by atoms with E-state index in [-0.39, 0.29) is 17.4 Å². The molecule has 0 radical (unpaired) electrons. The van der Waals surface area contributed by atoms with Gasteiger partial charge in [0.15, 0.2) is 0 Å². The lowest BCUT2D eigenvalue weighted by atomic mass is 10.1. The molecule has 0 saturated heterocycles. The van der Waals surface area contributed by atoms with E-state index in [1.54, 1.807) is 31.3 Å². The van der Waals surface area contributed by atoms with Crippen molar-refractivity contribution in [1.29, 1.82) is 0 Å². The Bertz CT molecular complexity index is 428. The van der Waals surface area contributed by atoms with Crippen LogP contribution >= 0.6 is 0 Å². The second kappa shape index (κ2) is 6.05. The topological polar surface area (TPSA) is 69.6 Å². The van der Waals surface area contributed by atoms with Gasteiger partial charge in [-0.15, -0.1) is 0 Å². The highest BCUT2D eigenvalue weighted by molar-refractivity contribution is 5.88. The Hall–Kier alpha value is -2.04. The molecule has 18 heavy (non-hydrogen) atoms. The third kappa shape index (κ3) is 3.48. The van der Waals surface area contributed by atoms with Crippen molar-refractivity contribution in [3.63, 3.8) is 0 Å². The first-order chi connectivity index (χ1) is 8.45. The Morgan fingerprint density at radius 3 is 2.33 bits per heavy atom. The summed E-state index contributed by atoms with van der Waals surface area (Å²) in [6.45, 7) is 2.42. The van der Waals surface area contributed by atoms with Gasteiger partial charge in [0.05, 0.1) is 11.5 Å². The van der Waals surface area contributed by atoms with Gasteiger partial charge in [-0.05, 0) is 24.3 Å². The fourth-order valence-electron chi connectivity index (χ4n) is 1.70. The van der Waals surface area contributed by atoms with Gasteiger partial charge in [-0.1, -0.05) is 6.92 Å². The SMILES string of the molecule is CNC(=O)C(C)CN(C)c1ccc(C(=O)O)cc1. The molecular formula is C13H18N2O3. The van der Waals surface area contributed by atoms with E-state index in [1.165, 1.54) is 0 Å². The van der Waals surface area contributed by atoms with Crippen molar-refractivity contribution >= 4 is 17.6 Å². The largest absolute Gasteiger partial charge is 0.478 e. The van der Waals surface area contributed by atoms with Crippen molar-refractivity contribution in [2.24, 2.45) is 5.92 Å². The number of aromatic carboxylic acids is 1. The molecule has 0 bridgehead atoms. The van der Waals surface area contributed by atoms with Gasteiger partial charge in [0.1, 0.15) is 0 Å². The van der Waals surface area contributed by atoms with E-state index in [0.717, 1.165) is 5.69 Å². The molecule has 1 unspecified atom stereocenters. The number of rotatable bonds is 5. The van der Waals surface area contributed by atoms with Crippen LogP contribution in [0.3, 0.4) is 0 Å². The van der Waals surface area contributed by atoms with Gasteiger partial charge in [-0.25, -0.2) is 4.79 Å². The summed E-state index contributed by atoms with van der Waals surface area (Å²) in [4.78, 5) is 24.1. The van der Waals surface area contributed by atoms with E-state index < -0.39 is 5.97 Å². The summed E-state index contributed by atoms with van der Waals surface area (Å²) in [6.07, 6.45) is 0. The lowest BCUT2D eigenvalue weighted by molar-refractivity contribution is -0.123. The molecule has 0 heterocycles. The zero-order valence-corrected chi connectivity index (χ0v) is 10.8. The summed E-state index contributed by atoms with van der Waals surface area (Å²) in [7, 11) is 3.48. The molecule has 0 spiro atoms. The lowest BCUT2D eigenvalue weighted by Gasteiger charge is -2.22. The van der Waals surface area contributed by atoms with Crippen LogP contribution in [0.5, 0.6) is 0 Å². The van der Waals surface area contributed by atoms with Crippen molar-refractivity contribution < 1.29 is 14.7 Å². The molecule has 5 nitrogen and oxygen atoms in total. The number of nitrogens with zero attached hydrogens (tertiary/aromatic N) is 1. The van der Waals surface area contributed by atoms with Crippen LogP contribution < -0.4 is 10.2 Å². The first kappa shape index (κ1) is 14.0. The van der Waals surface area contributed by atoms with E-state index >= 15 is 0 Å². The molecule has 0 aromatic heterocycles. The molecular weight excluding hydrogens is 232 g/mol. The molecule has 0 aliphatic heterocycles. The fourth-order valence-corrected chi connectivity index (χ4v) is 1.70. The van der Waals surface area contributed by atoms with Gasteiger partial charge < -0.3 is 15.3 Å². The summed E-state index contributed by atoms with van der Waals surface area (Å²) in [5, 5.41) is 11.4. The monoisotopic (exact) mass is 250 g/mol. The Morgan fingerprint density at radius 2 is 1.89 bits per heavy atom. The van der Waals surface area contributed by atoms with Gasteiger partial charge >= 0.3 is 5.97 Å². The molecule has 1 rings (SSSR count). The zero-order chi connectivity index (χ0) is 13.7. The maximum atomic E-state index is 11.4. The highest BCUT2D eigenvalue weighted by Gasteiger charge is 2.14. The Morgan fingerprint density at radius 1 is 1.33 bits per heavy atom. The number of benzene rings is 1.